The number of benzene rings is 2. The van der Waals surface area contributed by atoms with Gasteiger partial charge in [-0.1, -0.05) is 46.1 Å². The molecule has 2 aromatic carbocycles. The molecule has 4 aromatic rings. The maximum absolute atomic E-state index is 14.0. The molecule has 1 fully saturated rings. The van der Waals surface area contributed by atoms with Crippen molar-refractivity contribution in [3.63, 3.8) is 0 Å². The predicted molar refractivity (Wildman–Crippen MR) is 151 cm³/mol. The zero-order valence-corrected chi connectivity index (χ0v) is 24.1. The van der Waals surface area contributed by atoms with Gasteiger partial charge in [0, 0.05) is 35.4 Å². The van der Waals surface area contributed by atoms with Crippen LogP contribution in [0.3, 0.4) is 0 Å². The van der Waals surface area contributed by atoms with Gasteiger partial charge >= 0.3 is 0 Å². The van der Waals surface area contributed by atoms with Gasteiger partial charge in [-0.15, -0.1) is 5.10 Å². The average Bonchev–Trinajstić information content (AvgIpc) is 3.43. The molecule has 0 amide bonds. The standard InChI is InChI=1S/C27H27Cl2FN6O3S/c1-16-3-5-20(6-4-16)40(37,38)35-11-9-19(10-12-35)36-15-23(33-34-36)18-13-24(27(31)32-14-18)39-17(2)25-21(28)7-8-22(30)26(25)29/h3-8,13-15,17,19H,9-12H2,1-2H3,(H2,31,32). The molecule has 0 aliphatic carbocycles. The molecule has 1 saturated heterocycles. The van der Waals surface area contributed by atoms with Gasteiger partial charge in [0.2, 0.25) is 10.0 Å². The van der Waals surface area contributed by atoms with Crippen LogP contribution in [0.15, 0.2) is 59.8 Å². The number of piperidine rings is 1. The zero-order valence-electron chi connectivity index (χ0n) is 21.8. The first-order valence-corrected chi connectivity index (χ1v) is 14.8. The number of hydrogen-bond acceptors (Lipinski definition) is 7. The fraction of sp³-hybridized carbons (Fsp3) is 0.296. The van der Waals surface area contributed by atoms with E-state index in [2.05, 4.69) is 15.3 Å². The lowest BCUT2D eigenvalue weighted by Gasteiger charge is -2.31. The maximum Gasteiger partial charge on any atom is 0.243 e. The number of nitrogens with zero attached hydrogens (tertiary/aromatic N) is 5. The summed E-state index contributed by atoms with van der Waals surface area (Å²) < 4.78 is 49.3. The number of halogens is 3. The summed E-state index contributed by atoms with van der Waals surface area (Å²) in [6.07, 6.45) is 3.81. The van der Waals surface area contributed by atoms with E-state index in [0.29, 0.717) is 47.6 Å². The summed E-state index contributed by atoms with van der Waals surface area (Å²) in [6, 6.07) is 11.1. The normalized spacial score (nSPS) is 15.7. The van der Waals surface area contributed by atoms with Crippen molar-refractivity contribution in [3.8, 4) is 17.0 Å². The third kappa shape index (κ3) is 5.64. The Morgan fingerprint density at radius 1 is 1.12 bits per heavy atom. The molecular weight excluding hydrogens is 578 g/mol. The van der Waals surface area contributed by atoms with Gasteiger partial charge < -0.3 is 10.5 Å². The first-order valence-electron chi connectivity index (χ1n) is 12.6. The van der Waals surface area contributed by atoms with Crippen LogP contribution in [0.5, 0.6) is 5.75 Å². The Balaban J connectivity index is 1.29. The van der Waals surface area contributed by atoms with Crippen LogP contribution in [0.25, 0.3) is 11.3 Å². The second-order valence-electron chi connectivity index (χ2n) is 9.66. The highest BCUT2D eigenvalue weighted by Gasteiger charge is 2.30. The minimum absolute atomic E-state index is 0.0135. The highest BCUT2D eigenvalue weighted by Crippen LogP contribution is 2.37. The molecule has 40 heavy (non-hydrogen) atoms. The zero-order chi connectivity index (χ0) is 28.6. The second-order valence-corrected chi connectivity index (χ2v) is 12.4. The largest absolute Gasteiger partial charge is 0.482 e. The molecule has 0 spiro atoms. The maximum atomic E-state index is 14.0. The second kappa shape index (κ2) is 11.3. The van der Waals surface area contributed by atoms with Crippen molar-refractivity contribution in [1.82, 2.24) is 24.3 Å². The highest BCUT2D eigenvalue weighted by molar-refractivity contribution is 7.89. The smallest absolute Gasteiger partial charge is 0.243 e. The number of nitrogen functional groups attached to an aromatic ring is 1. The molecule has 2 N–H and O–H groups in total. The SMILES string of the molecule is Cc1ccc(S(=O)(=O)N2CCC(n3cc(-c4cnc(N)c(OC(C)c5c(Cl)ccc(F)c5Cl)c4)nn3)CC2)cc1. The van der Waals surface area contributed by atoms with Gasteiger partial charge in [-0.05, 0) is 57.0 Å². The summed E-state index contributed by atoms with van der Waals surface area (Å²) in [5.41, 5.74) is 8.51. The minimum Gasteiger partial charge on any atom is -0.482 e. The van der Waals surface area contributed by atoms with E-state index in [1.807, 2.05) is 6.92 Å². The molecule has 0 radical (unpaired) electrons. The summed E-state index contributed by atoms with van der Waals surface area (Å²) >= 11 is 12.4. The van der Waals surface area contributed by atoms with Crippen LogP contribution < -0.4 is 10.5 Å². The van der Waals surface area contributed by atoms with Crippen LogP contribution in [0.2, 0.25) is 10.0 Å². The highest BCUT2D eigenvalue weighted by atomic mass is 35.5. The van der Waals surface area contributed by atoms with Crippen LogP contribution in [0, 0.1) is 12.7 Å². The van der Waals surface area contributed by atoms with Crippen LogP contribution >= 0.6 is 23.2 Å². The van der Waals surface area contributed by atoms with Crippen molar-refractivity contribution in [3.05, 3.63) is 81.8 Å². The molecule has 9 nitrogen and oxygen atoms in total. The summed E-state index contributed by atoms with van der Waals surface area (Å²) in [7, 11) is -3.55. The quantitative estimate of drug-likeness (QED) is 0.263. The van der Waals surface area contributed by atoms with E-state index in [1.165, 1.54) is 16.4 Å². The molecule has 210 valence electrons. The number of nitrogens with two attached hydrogens (primary N) is 1. The molecule has 5 rings (SSSR count). The van der Waals surface area contributed by atoms with E-state index < -0.39 is 21.9 Å². The van der Waals surface area contributed by atoms with E-state index >= 15 is 0 Å². The number of aromatic nitrogens is 4. The van der Waals surface area contributed by atoms with Crippen LogP contribution in [-0.2, 0) is 10.0 Å². The number of sulfonamides is 1. The molecule has 1 aliphatic heterocycles. The van der Waals surface area contributed by atoms with Crippen LogP contribution in [0.1, 0.15) is 43.0 Å². The van der Waals surface area contributed by atoms with E-state index in [9.17, 15) is 12.8 Å². The topological polar surface area (TPSA) is 116 Å². The van der Waals surface area contributed by atoms with Crippen molar-refractivity contribution in [2.75, 3.05) is 18.8 Å². The van der Waals surface area contributed by atoms with Crippen LogP contribution in [0.4, 0.5) is 10.2 Å². The Hall–Kier alpha value is -3.25. The number of ether oxygens (including phenoxy) is 1. The Morgan fingerprint density at radius 3 is 2.52 bits per heavy atom. The van der Waals surface area contributed by atoms with Crippen LogP contribution in [-0.4, -0.2) is 45.8 Å². The van der Waals surface area contributed by atoms with E-state index in [1.54, 1.807) is 54.3 Å². The Morgan fingerprint density at radius 2 is 1.82 bits per heavy atom. The Labute approximate surface area is 241 Å². The van der Waals surface area contributed by atoms with E-state index in [0.717, 1.165) is 5.56 Å². The third-order valence-electron chi connectivity index (χ3n) is 6.93. The lowest BCUT2D eigenvalue weighted by atomic mass is 10.1. The number of rotatable bonds is 7. The van der Waals surface area contributed by atoms with Crippen molar-refractivity contribution >= 4 is 39.0 Å². The molecule has 13 heteroatoms. The molecule has 3 heterocycles. The average molecular weight is 606 g/mol. The van der Waals surface area contributed by atoms with Crippen molar-refractivity contribution in [2.45, 2.75) is 43.7 Å². The number of anilines is 1. The van der Waals surface area contributed by atoms with Crippen molar-refractivity contribution in [2.24, 2.45) is 0 Å². The number of hydrogen-bond donors (Lipinski definition) is 1. The third-order valence-corrected chi connectivity index (χ3v) is 9.56. The fourth-order valence-corrected chi connectivity index (χ4v) is 6.80. The van der Waals surface area contributed by atoms with Gasteiger partial charge in [-0.25, -0.2) is 22.5 Å². The van der Waals surface area contributed by atoms with Gasteiger partial charge in [0.25, 0.3) is 0 Å². The molecule has 1 unspecified atom stereocenters. The van der Waals surface area contributed by atoms with Gasteiger partial charge in [0.05, 0.1) is 22.2 Å². The van der Waals surface area contributed by atoms with Gasteiger partial charge in [-0.3, -0.25) is 0 Å². The Kier molecular flexibility index (Phi) is 8.01. The Bertz CT molecular complexity index is 1640. The predicted octanol–water partition coefficient (Wildman–Crippen LogP) is 5.84. The summed E-state index contributed by atoms with van der Waals surface area (Å²) in [6.45, 7) is 4.35. The van der Waals surface area contributed by atoms with Crippen molar-refractivity contribution in [1.29, 1.82) is 0 Å². The molecule has 1 aliphatic rings. The van der Waals surface area contributed by atoms with Gasteiger partial charge in [-0.2, -0.15) is 4.31 Å². The molecule has 0 bridgehead atoms. The van der Waals surface area contributed by atoms with Gasteiger partial charge in [0.15, 0.2) is 11.6 Å². The number of pyridine rings is 1. The monoisotopic (exact) mass is 604 g/mol. The first-order chi connectivity index (χ1) is 19.0. The molecule has 2 aromatic heterocycles. The summed E-state index contributed by atoms with van der Waals surface area (Å²) in [5.74, 6) is -0.217. The number of aryl methyl sites for hydroxylation is 1. The molecule has 0 saturated carbocycles. The summed E-state index contributed by atoms with van der Waals surface area (Å²) in [4.78, 5) is 4.52. The molecular formula is C27H27Cl2FN6O3S. The van der Waals surface area contributed by atoms with Gasteiger partial charge in [0.1, 0.15) is 17.6 Å². The van der Waals surface area contributed by atoms with Crippen molar-refractivity contribution < 1.29 is 17.5 Å². The summed E-state index contributed by atoms with van der Waals surface area (Å²) in [5, 5.41) is 8.72. The molecule has 1 atom stereocenters. The lowest BCUT2D eigenvalue weighted by molar-refractivity contribution is 0.227. The van der Waals surface area contributed by atoms with E-state index in [4.69, 9.17) is 33.7 Å². The first kappa shape index (κ1) is 28.3. The fourth-order valence-electron chi connectivity index (χ4n) is 4.65. The van der Waals surface area contributed by atoms with E-state index in [-0.39, 0.29) is 27.7 Å². The lowest BCUT2D eigenvalue weighted by Crippen LogP contribution is -2.39. The minimum atomic E-state index is -3.55.